The number of rotatable bonds is 4. The van der Waals surface area contributed by atoms with E-state index in [1.165, 1.54) is 16.9 Å². The number of aromatic nitrogens is 1. The van der Waals surface area contributed by atoms with Crippen LogP contribution in [0.1, 0.15) is 17.2 Å². The van der Waals surface area contributed by atoms with Crippen LogP contribution in [0.3, 0.4) is 0 Å². The van der Waals surface area contributed by atoms with Gasteiger partial charge in [-0.25, -0.2) is 4.98 Å². The van der Waals surface area contributed by atoms with Gasteiger partial charge in [0.1, 0.15) is 32.2 Å². The number of benzene rings is 2. The van der Waals surface area contributed by atoms with Gasteiger partial charge in [0.05, 0.1) is 6.20 Å². The first-order valence-electron chi connectivity index (χ1n) is 9.18. The fraction of sp³-hybridized carbons (Fsp3) is 0.227. The van der Waals surface area contributed by atoms with E-state index in [-0.39, 0.29) is 0 Å². The van der Waals surface area contributed by atoms with Crippen LogP contribution in [0.15, 0.2) is 79.0 Å². The molecule has 0 radical (unpaired) electrons. The number of H-pyrrole nitrogens is 1. The number of hydrogen-bond acceptors (Lipinski definition) is 1. The van der Waals surface area contributed by atoms with Crippen LogP contribution in [-0.2, 0) is 0 Å². The topological polar surface area (TPSA) is 21.8 Å². The Morgan fingerprint density at radius 1 is 0.808 bits per heavy atom. The molecule has 4 heteroatoms. The van der Waals surface area contributed by atoms with E-state index in [2.05, 4.69) is 64.5 Å². The molecular formula is C22H24ClN3+2. The molecule has 0 saturated carbocycles. The molecule has 1 aliphatic heterocycles. The van der Waals surface area contributed by atoms with E-state index in [9.17, 15) is 0 Å². The van der Waals surface area contributed by atoms with Crippen LogP contribution in [0.2, 0.25) is 5.02 Å². The van der Waals surface area contributed by atoms with Crippen molar-refractivity contribution < 1.29 is 9.88 Å². The second kappa shape index (κ2) is 7.90. The van der Waals surface area contributed by atoms with Gasteiger partial charge in [-0.15, -0.1) is 0 Å². The monoisotopic (exact) mass is 365 g/mol. The summed E-state index contributed by atoms with van der Waals surface area (Å²) in [7, 11) is 0. The number of anilines is 1. The Hall–Kier alpha value is -2.36. The quantitative estimate of drug-likeness (QED) is 0.754. The maximum atomic E-state index is 6.12. The molecule has 3 nitrogen and oxygen atoms in total. The van der Waals surface area contributed by atoms with Gasteiger partial charge < -0.3 is 4.90 Å². The van der Waals surface area contributed by atoms with Gasteiger partial charge in [-0.1, -0.05) is 60.1 Å². The van der Waals surface area contributed by atoms with Crippen molar-refractivity contribution in [1.82, 2.24) is 0 Å². The first-order valence-corrected chi connectivity index (χ1v) is 9.56. The summed E-state index contributed by atoms with van der Waals surface area (Å²) in [6.07, 6.45) is 2.00. The summed E-state index contributed by atoms with van der Waals surface area (Å²) in [5.74, 6) is 1.20. The minimum Gasteiger partial charge on any atom is -0.318 e. The van der Waals surface area contributed by atoms with Crippen LogP contribution in [0, 0.1) is 0 Å². The van der Waals surface area contributed by atoms with Crippen LogP contribution in [0.25, 0.3) is 0 Å². The molecule has 1 aliphatic rings. The lowest BCUT2D eigenvalue weighted by atomic mass is 9.96. The van der Waals surface area contributed by atoms with E-state index in [1.807, 2.05) is 24.4 Å². The van der Waals surface area contributed by atoms with Crippen molar-refractivity contribution in [3.8, 4) is 0 Å². The molecule has 2 heterocycles. The second-order valence-electron chi connectivity index (χ2n) is 6.79. The van der Waals surface area contributed by atoms with E-state index in [0.29, 0.717) is 6.04 Å². The molecule has 1 fully saturated rings. The minimum atomic E-state index is 0.343. The zero-order chi connectivity index (χ0) is 17.8. The first kappa shape index (κ1) is 17.1. The Labute approximate surface area is 159 Å². The number of aromatic amines is 1. The number of nitrogens with one attached hydrogen (secondary N) is 2. The Balaban J connectivity index is 1.56. The molecule has 2 N–H and O–H groups in total. The van der Waals surface area contributed by atoms with Crippen molar-refractivity contribution in [2.45, 2.75) is 6.04 Å². The molecule has 26 heavy (non-hydrogen) atoms. The van der Waals surface area contributed by atoms with Crippen LogP contribution < -0.4 is 14.8 Å². The summed E-state index contributed by atoms with van der Waals surface area (Å²) in [5, 5.41) is 0.792. The molecule has 1 aromatic heterocycles. The van der Waals surface area contributed by atoms with E-state index >= 15 is 0 Å². The summed E-state index contributed by atoms with van der Waals surface area (Å²) in [4.78, 5) is 7.39. The summed E-state index contributed by atoms with van der Waals surface area (Å²) in [5.41, 5.74) is 2.69. The summed E-state index contributed by atoms with van der Waals surface area (Å²) >= 11 is 6.12. The van der Waals surface area contributed by atoms with Crippen molar-refractivity contribution in [3.05, 3.63) is 95.1 Å². The largest absolute Gasteiger partial charge is 0.318 e. The maximum absolute atomic E-state index is 6.12. The Kier molecular flexibility index (Phi) is 5.19. The molecule has 1 atom stereocenters. The molecular weight excluding hydrogens is 342 g/mol. The summed E-state index contributed by atoms with van der Waals surface area (Å²) < 4.78 is 0. The molecule has 3 aromatic rings. The van der Waals surface area contributed by atoms with E-state index in [4.69, 9.17) is 11.6 Å². The molecule has 0 bridgehead atoms. The highest BCUT2D eigenvalue weighted by Crippen LogP contribution is 2.21. The highest BCUT2D eigenvalue weighted by Gasteiger charge is 2.32. The summed E-state index contributed by atoms with van der Waals surface area (Å²) in [6, 6.07) is 25.8. The number of nitrogens with zero attached hydrogens (tertiary/aromatic N) is 1. The van der Waals surface area contributed by atoms with Gasteiger partial charge in [0.15, 0.2) is 0 Å². The van der Waals surface area contributed by atoms with Gasteiger partial charge in [-0.3, -0.25) is 4.90 Å². The lowest BCUT2D eigenvalue weighted by Gasteiger charge is -2.34. The van der Waals surface area contributed by atoms with Crippen molar-refractivity contribution in [1.29, 1.82) is 0 Å². The smallest absolute Gasteiger partial charge is 0.274 e. The second-order valence-corrected chi connectivity index (χ2v) is 7.22. The van der Waals surface area contributed by atoms with Crippen molar-refractivity contribution in [2.75, 3.05) is 31.1 Å². The van der Waals surface area contributed by atoms with Crippen molar-refractivity contribution in [2.24, 2.45) is 0 Å². The van der Waals surface area contributed by atoms with E-state index in [1.54, 1.807) is 4.90 Å². The molecule has 132 valence electrons. The number of halogens is 1. The van der Waals surface area contributed by atoms with Crippen LogP contribution >= 0.6 is 11.6 Å². The van der Waals surface area contributed by atoms with Gasteiger partial charge in [-0.05, 0) is 18.2 Å². The van der Waals surface area contributed by atoms with Crippen LogP contribution in [0.5, 0.6) is 0 Å². The zero-order valence-electron chi connectivity index (χ0n) is 14.7. The standard InChI is InChI=1S/C22H22ClN3/c23-20-11-9-19(10-12-20)22(18-6-2-1-3-7-18)26-16-14-25(15-17-26)21-8-4-5-13-24-21/h1-13,22H,14-17H2/p+2/t22-/m0/s1. The SMILES string of the molecule is Clc1ccc([C@H](c2ccccc2)[NH+]2CCN(c3cccc[nH+]3)CC2)cc1. The molecule has 0 spiro atoms. The van der Waals surface area contributed by atoms with Gasteiger partial charge in [-0.2, -0.15) is 0 Å². The molecule has 0 aliphatic carbocycles. The Morgan fingerprint density at radius 3 is 2.12 bits per heavy atom. The predicted octanol–water partition coefficient (Wildman–Crippen LogP) is 2.65. The molecule has 0 unspecified atom stereocenters. The number of pyridine rings is 1. The van der Waals surface area contributed by atoms with Gasteiger partial charge in [0.2, 0.25) is 0 Å². The Bertz CT molecular complexity index is 813. The Morgan fingerprint density at radius 2 is 1.46 bits per heavy atom. The molecule has 1 saturated heterocycles. The third-order valence-corrected chi connectivity index (χ3v) is 5.44. The van der Waals surface area contributed by atoms with Crippen LogP contribution in [-0.4, -0.2) is 26.2 Å². The van der Waals surface area contributed by atoms with Gasteiger partial charge in [0, 0.05) is 22.2 Å². The van der Waals surface area contributed by atoms with Crippen LogP contribution in [0.4, 0.5) is 5.82 Å². The molecule has 2 aromatic carbocycles. The van der Waals surface area contributed by atoms with E-state index in [0.717, 1.165) is 31.2 Å². The number of hydrogen-bond donors (Lipinski definition) is 1. The normalized spacial score (nSPS) is 16.4. The third kappa shape index (κ3) is 3.74. The lowest BCUT2D eigenvalue weighted by Crippen LogP contribution is -3.15. The lowest BCUT2D eigenvalue weighted by molar-refractivity contribution is -0.926. The zero-order valence-corrected chi connectivity index (χ0v) is 15.5. The van der Waals surface area contributed by atoms with Crippen molar-refractivity contribution in [3.63, 3.8) is 0 Å². The minimum absolute atomic E-state index is 0.343. The molecule has 4 rings (SSSR count). The average molecular weight is 366 g/mol. The number of piperazine rings is 1. The van der Waals surface area contributed by atoms with E-state index < -0.39 is 0 Å². The fourth-order valence-electron chi connectivity index (χ4n) is 3.87. The number of quaternary nitrogens is 1. The predicted molar refractivity (Wildman–Crippen MR) is 106 cm³/mol. The summed E-state index contributed by atoms with van der Waals surface area (Å²) in [6.45, 7) is 4.30. The maximum Gasteiger partial charge on any atom is 0.274 e. The third-order valence-electron chi connectivity index (χ3n) is 5.18. The molecule has 0 amide bonds. The fourth-order valence-corrected chi connectivity index (χ4v) is 3.99. The van der Waals surface area contributed by atoms with Crippen molar-refractivity contribution >= 4 is 17.4 Å². The highest BCUT2D eigenvalue weighted by atomic mass is 35.5. The van der Waals surface area contributed by atoms with Gasteiger partial charge >= 0.3 is 0 Å². The first-order chi connectivity index (χ1) is 12.8. The van der Waals surface area contributed by atoms with Gasteiger partial charge in [0.25, 0.3) is 5.82 Å². The highest BCUT2D eigenvalue weighted by molar-refractivity contribution is 6.30. The average Bonchev–Trinajstić information content (AvgIpc) is 2.72.